The molecule has 0 aliphatic heterocycles. The normalized spacial score (nSPS) is 15.3. The molecule has 0 radical (unpaired) electrons. The van der Waals surface area contributed by atoms with E-state index in [2.05, 4.69) is 33.9 Å². The van der Waals surface area contributed by atoms with Crippen LogP contribution in [0.25, 0.3) is 0 Å². The number of aromatic nitrogens is 1. The second-order valence-corrected chi connectivity index (χ2v) is 8.32. The molecule has 2 aromatic rings. The fourth-order valence-corrected chi connectivity index (χ4v) is 3.82. The molecule has 2 heterocycles. The standard InChI is InChI=1S/C21H26FN5S/c1-13-7-19(23-4)21(28-13)20(15(3)25-9-16-5-6-16)27-12-26-14(2)17-8-18(22)11-24-10-17/h7-8,10-11,14,16,25-26H,3-6,9,12H2,1-2H3. The Morgan fingerprint density at radius 3 is 2.86 bits per heavy atom. The summed E-state index contributed by atoms with van der Waals surface area (Å²) >= 11 is 1.63. The molecule has 0 aromatic carbocycles. The average molecular weight is 400 g/mol. The molecular formula is C21H26FN5S. The van der Waals surface area contributed by atoms with Crippen LogP contribution in [0.1, 0.15) is 41.1 Å². The van der Waals surface area contributed by atoms with Gasteiger partial charge >= 0.3 is 0 Å². The lowest BCUT2D eigenvalue weighted by Gasteiger charge is -2.15. The van der Waals surface area contributed by atoms with Gasteiger partial charge in [0.15, 0.2) is 0 Å². The van der Waals surface area contributed by atoms with E-state index in [1.54, 1.807) is 17.5 Å². The Kier molecular flexibility index (Phi) is 6.70. The van der Waals surface area contributed by atoms with Crippen molar-refractivity contribution in [3.63, 3.8) is 0 Å². The van der Waals surface area contributed by atoms with Gasteiger partial charge in [-0.15, -0.1) is 11.3 Å². The third-order valence-corrected chi connectivity index (χ3v) is 5.72. The first-order valence-corrected chi connectivity index (χ1v) is 10.2. The minimum absolute atomic E-state index is 0.0806. The second kappa shape index (κ2) is 9.21. The van der Waals surface area contributed by atoms with Crippen LogP contribution in [0.15, 0.2) is 46.8 Å². The van der Waals surface area contributed by atoms with E-state index in [-0.39, 0.29) is 11.9 Å². The van der Waals surface area contributed by atoms with Crippen molar-refractivity contribution in [2.75, 3.05) is 13.2 Å². The van der Waals surface area contributed by atoms with E-state index < -0.39 is 0 Å². The third kappa shape index (κ3) is 5.33. The van der Waals surface area contributed by atoms with E-state index in [0.717, 1.165) is 44.9 Å². The van der Waals surface area contributed by atoms with Gasteiger partial charge < -0.3 is 5.32 Å². The third-order valence-electron chi connectivity index (χ3n) is 4.67. The molecule has 2 aromatic heterocycles. The molecule has 0 bridgehead atoms. The quantitative estimate of drug-likeness (QED) is 0.577. The van der Waals surface area contributed by atoms with Gasteiger partial charge in [-0.3, -0.25) is 20.3 Å². The Morgan fingerprint density at radius 2 is 2.18 bits per heavy atom. The van der Waals surface area contributed by atoms with Crippen molar-refractivity contribution in [2.45, 2.75) is 32.7 Å². The predicted octanol–water partition coefficient (Wildman–Crippen LogP) is 4.53. The molecular weight excluding hydrogens is 373 g/mol. The molecule has 2 N–H and O–H groups in total. The van der Waals surface area contributed by atoms with Gasteiger partial charge in [-0.1, -0.05) is 6.58 Å². The van der Waals surface area contributed by atoms with E-state index in [0.29, 0.717) is 6.67 Å². The van der Waals surface area contributed by atoms with Crippen LogP contribution in [-0.2, 0) is 0 Å². The monoisotopic (exact) mass is 399 g/mol. The molecule has 5 nitrogen and oxygen atoms in total. The minimum Gasteiger partial charge on any atom is -0.383 e. The van der Waals surface area contributed by atoms with Crippen LogP contribution in [0.3, 0.4) is 0 Å². The summed E-state index contributed by atoms with van der Waals surface area (Å²) in [6.07, 6.45) is 5.39. The first kappa shape index (κ1) is 20.4. The number of nitrogens with zero attached hydrogens (tertiary/aromatic N) is 3. The van der Waals surface area contributed by atoms with E-state index in [1.165, 1.54) is 25.1 Å². The summed E-state index contributed by atoms with van der Waals surface area (Å²) in [6, 6.07) is 3.40. The highest BCUT2D eigenvalue weighted by atomic mass is 32.1. The fourth-order valence-electron chi connectivity index (χ4n) is 2.81. The minimum atomic E-state index is -0.344. The van der Waals surface area contributed by atoms with Gasteiger partial charge in [-0.25, -0.2) is 4.39 Å². The van der Waals surface area contributed by atoms with E-state index in [1.807, 2.05) is 19.9 Å². The maximum Gasteiger partial charge on any atom is 0.141 e. The largest absolute Gasteiger partial charge is 0.383 e. The number of allylic oxidation sites excluding steroid dienone is 1. The van der Waals surface area contributed by atoms with Crippen LogP contribution >= 0.6 is 11.3 Å². The lowest BCUT2D eigenvalue weighted by molar-refractivity contribution is 0.571. The topological polar surface area (TPSA) is 61.7 Å². The summed E-state index contributed by atoms with van der Waals surface area (Å²) < 4.78 is 13.4. The van der Waals surface area contributed by atoms with Crippen LogP contribution in [0.4, 0.5) is 10.1 Å². The molecule has 1 saturated carbocycles. The molecule has 0 amide bonds. The number of pyridine rings is 1. The Balaban J connectivity index is 1.75. The van der Waals surface area contributed by atoms with Gasteiger partial charge in [0.05, 0.1) is 29.1 Å². The van der Waals surface area contributed by atoms with Crippen molar-refractivity contribution >= 4 is 29.5 Å². The van der Waals surface area contributed by atoms with Crippen LogP contribution in [0.5, 0.6) is 0 Å². The van der Waals surface area contributed by atoms with E-state index in [4.69, 9.17) is 4.99 Å². The van der Waals surface area contributed by atoms with Crippen LogP contribution < -0.4 is 10.6 Å². The summed E-state index contributed by atoms with van der Waals surface area (Å²) in [5.41, 5.74) is 3.18. The van der Waals surface area contributed by atoms with Gasteiger partial charge in [0.2, 0.25) is 0 Å². The number of aryl methyl sites for hydroxylation is 1. The second-order valence-electron chi connectivity index (χ2n) is 7.06. The number of thiophene rings is 1. The van der Waals surface area contributed by atoms with Crippen LogP contribution in [0, 0.1) is 18.7 Å². The molecule has 0 spiro atoms. The zero-order valence-electron chi connectivity index (χ0n) is 16.3. The highest BCUT2D eigenvalue weighted by Gasteiger charge is 2.22. The average Bonchev–Trinajstić information content (AvgIpc) is 3.43. The van der Waals surface area contributed by atoms with E-state index >= 15 is 0 Å². The van der Waals surface area contributed by atoms with Crippen molar-refractivity contribution in [3.05, 3.63) is 57.9 Å². The summed E-state index contributed by atoms with van der Waals surface area (Å²) in [7, 11) is 0. The Labute approximate surface area is 169 Å². The van der Waals surface area contributed by atoms with Crippen molar-refractivity contribution in [1.29, 1.82) is 0 Å². The summed E-state index contributed by atoms with van der Waals surface area (Å²) in [5, 5.41) is 6.71. The Bertz CT molecular complexity index is 885. The first-order chi connectivity index (χ1) is 13.5. The molecule has 1 unspecified atom stereocenters. The number of aliphatic imine (C=N–C) groups is 2. The van der Waals surface area contributed by atoms with Gasteiger partial charge in [0.1, 0.15) is 11.5 Å². The van der Waals surface area contributed by atoms with Gasteiger partial charge in [0.25, 0.3) is 0 Å². The van der Waals surface area contributed by atoms with E-state index in [9.17, 15) is 4.39 Å². The highest BCUT2D eigenvalue weighted by molar-refractivity contribution is 7.14. The summed E-state index contributed by atoms with van der Waals surface area (Å²) in [6.45, 7) is 13.2. The summed E-state index contributed by atoms with van der Waals surface area (Å²) in [5.74, 6) is 0.391. The first-order valence-electron chi connectivity index (χ1n) is 9.37. The number of rotatable bonds is 10. The smallest absolute Gasteiger partial charge is 0.141 e. The van der Waals surface area contributed by atoms with Gasteiger partial charge in [-0.05, 0) is 57.0 Å². The highest BCUT2D eigenvalue weighted by Crippen LogP contribution is 2.32. The molecule has 3 rings (SSSR count). The molecule has 7 heteroatoms. The maximum absolute atomic E-state index is 13.4. The van der Waals surface area contributed by atoms with Gasteiger partial charge in [-0.2, -0.15) is 0 Å². The lowest BCUT2D eigenvalue weighted by atomic mass is 10.1. The van der Waals surface area contributed by atoms with Crippen molar-refractivity contribution in [2.24, 2.45) is 15.9 Å². The number of hydrogen-bond acceptors (Lipinski definition) is 6. The molecule has 1 fully saturated rings. The molecule has 1 atom stereocenters. The molecule has 1 aliphatic carbocycles. The molecule has 1 aliphatic rings. The molecule has 148 valence electrons. The van der Waals surface area contributed by atoms with Crippen LogP contribution in [0.2, 0.25) is 0 Å². The SMILES string of the molecule is C=Nc1cc(C)sc1C(=NCNC(C)c1cncc(F)c1)C(=C)NCC1CC1. The number of hydrogen-bond donors (Lipinski definition) is 2. The van der Waals surface area contributed by atoms with Crippen LogP contribution in [-0.4, -0.2) is 30.6 Å². The van der Waals surface area contributed by atoms with Crippen molar-refractivity contribution in [1.82, 2.24) is 15.6 Å². The Morgan fingerprint density at radius 1 is 1.39 bits per heavy atom. The fraction of sp³-hybridized carbons (Fsp3) is 0.381. The Hall–Kier alpha value is -2.38. The van der Waals surface area contributed by atoms with Crippen molar-refractivity contribution in [3.8, 4) is 0 Å². The predicted molar refractivity (Wildman–Crippen MR) is 115 cm³/mol. The lowest BCUT2D eigenvalue weighted by Crippen LogP contribution is -2.25. The zero-order valence-corrected chi connectivity index (χ0v) is 17.2. The van der Waals surface area contributed by atoms with Gasteiger partial charge in [0, 0.05) is 23.7 Å². The number of halogens is 1. The number of nitrogens with one attached hydrogen (secondary N) is 2. The summed E-state index contributed by atoms with van der Waals surface area (Å²) in [4.78, 5) is 14.9. The molecule has 28 heavy (non-hydrogen) atoms. The molecule has 0 saturated heterocycles. The van der Waals surface area contributed by atoms with Crippen molar-refractivity contribution < 1.29 is 4.39 Å². The zero-order chi connectivity index (χ0) is 20.1. The maximum atomic E-state index is 13.4.